The number of carbonyl (C=O) groups excluding carboxylic acids is 3. The summed E-state index contributed by atoms with van der Waals surface area (Å²) in [7, 11) is 0. The Hall–Kier alpha value is -3.52. The lowest BCUT2D eigenvalue weighted by Crippen LogP contribution is -2.59. The van der Waals surface area contributed by atoms with Gasteiger partial charge < -0.3 is 42.6 Å². The van der Waals surface area contributed by atoms with E-state index in [0.717, 1.165) is 0 Å². The number of nitrogens with one attached hydrogen (secondary N) is 4. The molecule has 0 bridgehead atoms. The standard InChI is InChI=1S/C22H37N7O7/c1-3-12(2)18(21(34)28-16(22(35)36)8-13-10-25-11-26-13)29-20(33)15(9-17(30)31)27-19(32)14(24)6-4-5-7-23/h10-12,14-16,18H,3-9,23-24H2,1-2H3,(H,25,26)(H,27,32)(H,28,34)(H,29,33)(H,30,31)(H,35,36). The van der Waals surface area contributed by atoms with E-state index in [1.54, 1.807) is 13.8 Å². The maximum Gasteiger partial charge on any atom is 0.326 e. The second-order valence-corrected chi connectivity index (χ2v) is 8.60. The van der Waals surface area contributed by atoms with Gasteiger partial charge in [0.1, 0.15) is 18.1 Å². The highest BCUT2D eigenvalue weighted by Crippen LogP contribution is 2.11. The molecule has 14 nitrogen and oxygen atoms in total. The van der Waals surface area contributed by atoms with E-state index in [1.807, 2.05) is 0 Å². The smallest absolute Gasteiger partial charge is 0.326 e. The van der Waals surface area contributed by atoms with Gasteiger partial charge in [0.25, 0.3) is 0 Å². The van der Waals surface area contributed by atoms with Crippen LogP contribution in [0.1, 0.15) is 51.6 Å². The first-order valence-corrected chi connectivity index (χ1v) is 11.8. The second kappa shape index (κ2) is 15.5. The normalized spacial score (nSPS) is 15.1. The van der Waals surface area contributed by atoms with Crippen LogP contribution in [-0.4, -0.2) is 80.6 Å². The van der Waals surface area contributed by atoms with Crippen LogP contribution < -0.4 is 27.4 Å². The summed E-state index contributed by atoms with van der Waals surface area (Å²) in [5.74, 6) is -5.43. The number of rotatable bonds is 17. The molecule has 0 aliphatic rings. The number of H-pyrrole nitrogens is 1. The molecule has 0 saturated carbocycles. The van der Waals surface area contributed by atoms with Gasteiger partial charge in [-0.3, -0.25) is 19.2 Å². The van der Waals surface area contributed by atoms with Crippen molar-refractivity contribution in [2.45, 2.75) is 76.5 Å². The predicted molar refractivity (Wildman–Crippen MR) is 128 cm³/mol. The van der Waals surface area contributed by atoms with Gasteiger partial charge in [-0.1, -0.05) is 26.7 Å². The van der Waals surface area contributed by atoms with Gasteiger partial charge in [0.2, 0.25) is 17.7 Å². The number of amides is 3. The van der Waals surface area contributed by atoms with E-state index in [2.05, 4.69) is 25.9 Å². The first kappa shape index (κ1) is 30.5. The number of nitrogens with two attached hydrogens (primary N) is 2. The molecule has 0 aliphatic carbocycles. The number of imidazole rings is 1. The Morgan fingerprint density at radius 1 is 1.03 bits per heavy atom. The fourth-order valence-electron chi connectivity index (χ4n) is 3.34. The average molecular weight is 512 g/mol. The van der Waals surface area contributed by atoms with Gasteiger partial charge in [0.15, 0.2) is 0 Å². The molecule has 0 aliphatic heterocycles. The molecule has 5 unspecified atom stereocenters. The van der Waals surface area contributed by atoms with Gasteiger partial charge in [-0.15, -0.1) is 0 Å². The minimum absolute atomic E-state index is 0.0675. The Bertz CT molecular complexity index is 878. The number of carboxylic acid groups (broad SMARTS) is 2. The van der Waals surface area contributed by atoms with Crippen molar-refractivity contribution in [3.8, 4) is 0 Å². The monoisotopic (exact) mass is 511 g/mol. The Balaban J connectivity index is 2.96. The summed E-state index contributed by atoms with van der Waals surface area (Å²) in [5, 5.41) is 26.0. The van der Waals surface area contributed by atoms with Crippen LogP contribution in [-0.2, 0) is 30.4 Å². The number of aliphatic carboxylic acids is 2. The summed E-state index contributed by atoms with van der Waals surface area (Å²) in [6.45, 7) is 3.88. The number of unbranched alkanes of at least 4 members (excludes halogenated alkanes) is 1. The molecule has 202 valence electrons. The van der Waals surface area contributed by atoms with Crippen LogP contribution >= 0.6 is 0 Å². The number of nitrogens with zero attached hydrogens (tertiary/aromatic N) is 1. The Morgan fingerprint density at radius 3 is 2.22 bits per heavy atom. The summed E-state index contributed by atoms with van der Waals surface area (Å²) in [5.41, 5.74) is 11.7. The summed E-state index contributed by atoms with van der Waals surface area (Å²) in [6, 6.07) is -4.94. The van der Waals surface area contributed by atoms with Gasteiger partial charge in [-0.25, -0.2) is 9.78 Å². The Morgan fingerprint density at radius 2 is 1.69 bits per heavy atom. The van der Waals surface area contributed by atoms with E-state index >= 15 is 0 Å². The fraction of sp³-hybridized carbons (Fsp3) is 0.636. The van der Waals surface area contributed by atoms with Crippen molar-refractivity contribution in [2.24, 2.45) is 17.4 Å². The zero-order chi connectivity index (χ0) is 27.3. The summed E-state index contributed by atoms with van der Waals surface area (Å²) in [6.07, 6.45) is 3.98. The van der Waals surface area contributed by atoms with Crippen molar-refractivity contribution in [2.75, 3.05) is 6.54 Å². The van der Waals surface area contributed by atoms with E-state index in [4.69, 9.17) is 11.5 Å². The SMILES string of the molecule is CCC(C)C(NC(=O)C(CC(=O)O)NC(=O)C(N)CCCCN)C(=O)NC(Cc1cnc[nH]1)C(=O)O. The fourth-order valence-corrected chi connectivity index (χ4v) is 3.34. The van der Waals surface area contributed by atoms with Crippen molar-refractivity contribution in [3.05, 3.63) is 18.2 Å². The number of hydrogen-bond acceptors (Lipinski definition) is 8. The number of carboxylic acids is 2. The molecule has 3 amide bonds. The third-order valence-corrected chi connectivity index (χ3v) is 5.70. The Labute approximate surface area is 209 Å². The molecule has 0 saturated heterocycles. The molecule has 1 aromatic heterocycles. The molecular weight excluding hydrogens is 474 g/mol. The van der Waals surface area contributed by atoms with Gasteiger partial charge in [-0.05, 0) is 25.3 Å². The molecule has 0 aromatic carbocycles. The van der Waals surface area contributed by atoms with E-state index in [1.165, 1.54) is 12.5 Å². The molecule has 10 N–H and O–H groups in total. The third kappa shape index (κ3) is 10.4. The van der Waals surface area contributed by atoms with Crippen molar-refractivity contribution < 1.29 is 34.2 Å². The van der Waals surface area contributed by atoms with Crippen molar-refractivity contribution in [1.82, 2.24) is 25.9 Å². The lowest BCUT2D eigenvalue weighted by atomic mass is 9.97. The maximum absolute atomic E-state index is 13.0. The maximum atomic E-state index is 13.0. The molecule has 0 spiro atoms. The molecule has 0 fully saturated rings. The van der Waals surface area contributed by atoms with Crippen molar-refractivity contribution >= 4 is 29.7 Å². The van der Waals surface area contributed by atoms with Crippen LogP contribution in [0, 0.1) is 5.92 Å². The predicted octanol–water partition coefficient (Wildman–Crippen LogP) is -1.53. The highest BCUT2D eigenvalue weighted by Gasteiger charge is 2.33. The van der Waals surface area contributed by atoms with Gasteiger partial charge in [0.05, 0.1) is 18.8 Å². The number of aromatic nitrogens is 2. The van der Waals surface area contributed by atoms with Crippen LogP contribution in [0.4, 0.5) is 0 Å². The molecular formula is C22H37N7O7. The molecule has 14 heteroatoms. The van der Waals surface area contributed by atoms with Crippen LogP contribution in [0.25, 0.3) is 0 Å². The molecule has 0 radical (unpaired) electrons. The zero-order valence-electron chi connectivity index (χ0n) is 20.5. The lowest BCUT2D eigenvalue weighted by Gasteiger charge is -2.27. The van der Waals surface area contributed by atoms with E-state index in [-0.39, 0.29) is 6.42 Å². The zero-order valence-corrected chi connectivity index (χ0v) is 20.5. The molecule has 36 heavy (non-hydrogen) atoms. The average Bonchev–Trinajstić information content (AvgIpc) is 3.33. The topological polar surface area (TPSA) is 243 Å². The van der Waals surface area contributed by atoms with E-state index < -0.39 is 66.2 Å². The van der Waals surface area contributed by atoms with Gasteiger partial charge >= 0.3 is 11.9 Å². The summed E-state index contributed by atoms with van der Waals surface area (Å²) < 4.78 is 0. The van der Waals surface area contributed by atoms with Crippen LogP contribution in [0.15, 0.2) is 12.5 Å². The second-order valence-electron chi connectivity index (χ2n) is 8.60. The van der Waals surface area contributed by atoms with E-state index in [9.17, 15) is 34.2 Å². The first-order valence-electron chi connectivity index (χ1n) is 11.8. The first-order chi connectivity index (χ1) is 17.0. The van der Waals surface area contributed by atoms with E-state index in [0.29, 0.717) is 37.9 Å². The molecule has 1 aromatic rings. The number of hydrogen-bond donors (Lipinski definition) is 8. The van der Waals surface area contributed by atoms with Crippen LogP contribution in [0.5, 0.6) is 0 Å². The van der Waals surface area contributed by atoms with Crippen molar-refractivity contribution in [1.29, 1.82) is 0 Å². The number of aromatic amines is 1. The van der Waals surface area contributed by atoms with Crippen LogP contribution in [0.3, 0.4) is 0 Å². The molecule has 1 heterocycles. The Kier molecular flexibility index (Phi) is 13.1. The highest BCUT2D eigenvalue weighted by molar-refractivity contribution is 5.95. The molecule has 5 atom stereocenters. The largest absolute Gasteiger partial charge is 0.481 e. The highest BCUT2D eigenvalue weighted by atomic mass is 16.4. The quantitative estimate of drug-likeness (QED) is 0.112. The number of carbonyl (C=O) groups is 5. The summed E-state index contributed by atoms with van der Waals surface area (Å²) in [4.78, 5) is 68.0. The third-order valence-electron chi connectivity index (χ3n) is 5.70. The lowest BCUT2D eigenvalue weighted by molar-refractivity contribution is -0.143. The summed E-state index contributed by atoms with van der Waals surface area (Å²) >= 11 is 0. The van der Waals surface area contributed by atoms with Crippen molar-refractivity contribution in [3.63, 3.8) is 0 Å². The van der Waals surface area contributed by atoms with Gasteiger partial charge in [-0.2, -0.15) is 0 Å². The minimum atomic E-state index is -1.49. The minimum Gasteiger partial charge on any atom is -0.481 e. The van der Waals surface area contributed by atoms with Gasteiger partial charge in [0, 0.05) is 18.3 Å². The van der Waals surface area contributed by atoms with Crippen LogP contribution in [0.2, 0.25) is 0 Å². The molecule has 1 rings (SSSR count).